The molecular weight excluding hydrogens is 361 g/mol. The maximum atomic E-state index is 11.7. The van der Waals surface area contributed by atoms with E-state index in [0.717, 1.165) is 5.56 Å². The van der Waals surface area contributed by atoms with Gasteiger partial charge in [-0.05, 0) is 30.0 Å². The van der Waals surface area contributed by atoms with Gasteiger partial charge in [-0.15, -0.1) is 0 Å². The van der Waals surface area contributed by atoms with Gasteiger partial charge in [0.25, 0.3) is 0 Å². The fourth-order valence-electron chi connectivity index (χ4n) is 3.62. The number of rotatable bonds is 5. The number of hydrogen-bond donors (Lipinski definition) is 3. The predicted octanol–water partition coefficient (Wildman–Crippen LogP) is 2.73. The van der Waals surface area contributed by atoms with Crippen molar-refractivity contribution in [2.75, 3.05) is 0 Å². The number of aliphatic carboxylic acids is 2. The number of carboxylic acids is 2. The molecule has 0 heterocycles. The van der Waals surface area contributed by atoms with Gasteiger partial charge in [0.05, 0.1) is 16.0 Å². The molecule has 0 spiro atoms. The van der Waals surface area contributed by atoms with E-state index in [1.807, 2.05) is 6.07 Å². The molecule has 3 rings (SSSR count). The molecule has 2 aliphatic carbocycles. The lowest BCUT2D eigenvalue weighted by Crippen LogP contribution is -2.56. The minimum atomic E-state index is -1.49. The topological polar surface area (TPSA) is 101 Å². The van der Waals surface area contributed by atoms with Crippen molar-refractivity contribution in [1.82, 2.24) is 0 Å². The van der Waals surface area contributed by atoms with Crippen LogP contribution in [-0.4, -0.2) is 32.9 Å². The Labute approximate surface area is 147 Å². The molecule has 1 aromatic rings. The van der Waals surface area contributed by atoms with Crippen LogP contribution in [0, 0.1) is 17.8 Å². The summed E-state index contributed by atoms with van der Waals surface area (Å²) in [6, 6.07) is 5.26. The maximum absolute atomic E-state index is 11.7. The van der Waals surface area contributed by atoms with E-state index in [1.54, 1.807) is 12.1 Å². The Hall–Kier alpha value is -0.950. The molecule has 2 aliphatic rings. The van der Waals surface area contributed by atoms with E-state index in [0.29, 0.717) is 22.2 Å². The lowest BCUT2D eigenvalue weighted by molar-refractivity contribution is -0.145. The van der Waals surface area contributed by atoms with Crippen LogP contribution in [0.4, 0.5) is 0 Å². The number of nitrogens with two attached hydrogens (primary N) is 1. The van der Waals surface area contributed by atoms with Crippen molar-refractivity contribution in [2.45, 2.75) is 23.0 Å². The number of benzene rings is 1. The van der Waals surface area contributed by atoms with Crippen LogP contribution in [0.25, 0.3) is 0 Å². The number of carboxylic acid groups (broad SMARTS) is 2. The first kappa shape index (κ1) is 16.9. The number of carbonyl (C=O) groups is 2. The molecule has 5 atom stereocenters. The van der Waals surface area contributed by atoms with Crippen molar-refractivity contribution in [3.8, 4) is 0 Å². The van der Waals surface area contributed by atoms with Crippen LogP contribution < -0.4 is 5.73 Å². The molecule has 1 aromatic carbocycles. The molecule has 0 unspecified atom stereocenters. The molecule has 0 radical (unpaired) electrons. The number of hydrogen-bond acceptors (Lipinski definition) is 4. The van der Waals surface area contributed by atoms with Gasteiger partial charge in [0.2, 0.25) is 0 Å². The Morgan fingerprint density at radius 1 is 1.30 bits per heavy atom. The van der Waals surface area contributed by atoms with Gasteiger partial charge in [0, 0.05) is 16.9 Å². The zero-order valence-electron chi connectivity index (χ0n) is 11.9. The van der Waals surface area contributed by atoms with Gasteiger partial charge in [0.15, 0.2) is 0 Å². The predicted molar refractivity (Wildman–Crippen MR) is 88.8 cm³/mol. The smallest absolute Gasteiger partial charge is 0.325 e. The Kier molecular flexibility index (Phi) is 4.29. The average molecular weight is 376 g/mol. The molecule has 0 aromatic heterocycles. The van der Waals surface area contributed by atoms with Gasteiger partial charge >= 0.3 is 11.9 Å². The van der Waals surface area contributed by atoms with E-state index in [2.05, 4.69) is 0 Å². The summed E-state index contributed by atoms with van der Waals surface area (Å²) < 4.78 is 0. The molecule has 4 N–H and O–H groups in total. The third-order valence-corrected chi connectivity index (χ3v) is 7.05. The molecule has 2 saturated carbocycles. The first-order valence-electron chi connectivity index (χ1n) is 7.07. The Bertz CT molecular complexity index is 685. The third kappa shape index (κ3) is 2.71. The second-order valence-corrected chi connectivity index (χ2v) is 8.08. The minimum Gasteiger partial charge on any atom is -0.481 e. The van der Waals surface area contributed by atoms with Gasteiger partial charge in [-0.3, -0.25) is 9.59 Å². The molecule has 0 bridgehead atoms. The van der Waals surface area contributed by atoms with Crippen LogP contribution in [0.2, 0.25) is 10.0 Å². The average Bonchev–Trinajstić information content (AvgIpc) is 3.13. The monoisotopic (exact) mass is 375 g/mol. The summed E-state index contributed by atoms with van der Waals surface area (Å²) in [4.78, 5) is 22.8. The Morgan fingerprint density at radius 2 is 2.00 bits per heavy atom. The summed E-state index contributed by atoms with van der Waals surface area (Å²) >= 11 is 13.3. The highest BCUT2D eigenvalue weighted by atomic mass is 35.5. The van der Waals surface area contributed by atoms with E-state index < -0.39 is 29.3 Å². The van der Waals surface area contributed by atoms with Gasteiger partial charge in [0.1, 0.15) is 5.54 Å². The van der Waals surface area contributed by atoms with E-state index in [1.165, 1.54) is 11.8 Å². The standard InChI is InChI=1S/C15H15Cl2NO4S/c16-8-2-1-6(3-9(8)17)5-23-10-4-7-11(13(19)20)12(7)15(10,18)14(21)22/h1-3,7,10-12H,4-5,18H2,(H,19,20)(H,21,22)/t7-,10+,11+,12+,15-/m0/s1. The Morgan fingerprint density at radius 3 is 2.57 bits per heavy atom. The van der Waals surface area contributed by atoms with E-state index in [-0.39, 0.29) is 11.2 Å². The lowest BCUT2D eigenvalue weighted by atomic mass is 9.91. The summed E-state index contributed by atoms with van der Waals surface area (Å²) in [5.41, 5.74) is 5.58. The zero-order chi connectivity index (χ0) is 16.9. The summed E-state index contributed by atoms with van der Waals surface area (Å²) in [5.74, 6) is -2.78. The van der Waals surface area contributed by atoms with Gasteiger partial charge < -0.3 is 15.9 Å². The molecule has 2 fully saturated rings. The van der Waals surface area contributed by atoms with Crippen molar-refractivity contribution in [3.05, 3.63) is 33.8 Å². The largest absolute Gasteiger partial charge is 0.481 e. The Balaban J connectivity index is 1.72. The summed E-state index contributed by atoms with van der Waals surface area (Å²) in [7, 11) is 0. The van der Waals surface area contributed by atoms with Crippen LogP contribution in [0.5, 0.6) is 0 Å². The quantitative estimate of drug-likeness (QED) is 0.731. The van der Waals surface area contributed by atoms with E-state index in [9.17, 15) is 14.7 Å². The molecule has 0 amide bonds. The highest BCUT2D eigenvalue weighted by Crippen LogP contribution is 2.64. The molecule has 23 heavy (non-hydrogen) atoms. The molecule has 8 heteroatoms. The SMILES string of the molecule is N[C@]1(C(=O)O)[C@@H]2[C@@H](C[C@H]1SCc1ccc(Cl)c(Cl)c1)[C@H]2C(=O)O. The van der Waals surface area contributed by atoms with Crippen molar-refractivity contribution in [2.24, 2.45) is 23.5 Å². The molecular formula is C15H15Cl2NO4S. The molecule has 124 valence electrons. The number of thioether (sulfide) groups is 1. The lowest BCUT2D eigenvalue weighted by Gasteiger charge is -2.30. The van der Waals surface area contributed by atoms with Crippen LogP contribution in [0.15, 0.2) is 18.2 Å². The van der Waals surface area contributed by atoms with Crippen LogP contribution in [0.1, 0.15) is 12.0 Å². The summed E-state index contributed by atoms with van der Waals surface area (Å²) in [5, 5.41) is 19.3. The van der Waals surface area contributed by atoms with Crippen molar-refractivity contribution < 1.29 is 19.8 Å². The second-order valence-electron chi connectivity index (χ2n) is 6.08. The second kappa shape index (κ2) is 5.84. The van der Waals surface area contributed by atoms with Gasteiger partial charge in [-0.1, -0.05) is 29.3 Å². The highest BCUT2D eigenvalue weighted by Gasteiger charge is 2.73. The van der Waals surface area contributed by atoms with Crippen molar-refractivity contribution >= 4 is 46.9 Å². The molecule has 0 saturated heterocycles. The fourth-order valence-corrected chi connectivity index (χ4v) is 5.41. The van der Waals surface area contributed by atoms with Crippen molar-refractivity contribution in [1.29, 1.82) is 0 Å². The first-order chi connectivity index (χ1) is 10.8. The van der Waals surface area contributed by atoms with Gasteiger partial charge in [-0.2, -0.15) is 11.8 Å². The molecule has 0 aliphatic heterocycles. The normalized spacial score (nSPS) is 34.9. The van der Waals surface area contributed by atoms with E-state index >= 15 is 0 Å². The van der Waals surface area contributed by atoms with Crippen LogP contribution in [0.3, 0.4) is 0 Å². The third-order valence-electron chi connectivity index (χ3n) is 4.83. The van der Waals surface area contributed by atoms with Crippen LogP contribution in [-0.2, 0) is 15.3 Å². The summed E-state index contributed by atoms with van der Waals surface area (Å²) in [6.45, 7) is 0. The number of halogens is 2. The maximum Gasteiger partial charge on any atom is 0.325 e. The first-order valence-corrected chi connectivity index (χ1v) is 8.88. The number of fused-ring (bicyclic) bond motifs is 1. The van der Waals surface area contributed by atoms with E-state index in [4.69, 9.17) is 34.0 Å². The highest BCUT2D eigenvalue weighted by molar-refractivity contribution is 7.99. The van der Waals surface area contributed by atoms with Crippen LogP contribution >= 0.6 is 35.0 Å². The minimum absolute atomic E-state index is 0.139. The molecule has 5 nitrogen and oxygen atoms in total. The zero-order valence-corrected chi connectivity index (χ0v) is 14.2. The van der Waals surface area contributed by atoms with Gasteiger partial charge in [-0.25, -0.2) is 0 Å². The van der Waals surface area contributed by atoms with Crippen molar-refractivity contribution in [3.63, 3.8) is 0 Å². The fraction of sp³-hybridized carbons (Fsp3) is 0.467. The summed E-state index contributed by atoms with van der Waals surface area (Å²) in [6.07, 6.45) is 0.510.